The molecule has 1 atom stereocenters. The van der Waals surface area contributed by atoms with Crippen LogP contribution in [0.1, 0.15) is 47.8 Å². The van der Waals surface area contributed by atoms with Crippen LogP contribution in [0.25, 0.3) is 0 Å². The Labute approximate surface area is 205 Å². The Hall–Kier alpha value is -3.27. The van der Waals surface area contributed by atoms with E-state index in [1.807, 2.05) is 6.07 Å². The first-order chi connectivity index (χ1) is 16.7. The van der Waals surface area contributed by atoms with Gasteiger partial charge in [-0.2, -0.15) is 13.2 Å². The molecule has 2 heterocycles. The number of rotatable bonds is 5. The zero-order chi connectivity index (χ0) is 25.2. The van der Waals surface area contributed by atoms with Crippen LogP contribution < -0.4 is 5.32 Å². The van der Waals surface area contributed by atoms with Gasteiger partial charge in [-0.3, -0.25) is 4.79 Å². The third-order valence-electron chi connectivity index (χ3n) is 5.67. The number of allylic oxidation sites excluding steroid dienone is 1. The zero-order valence-corrected chi connectivity index (χ0v) is 20.0. The van der Waals surface area contributed by atoms with Crippen molar-refractivity contribution >= 4 is 34.5 Å². The number of halogens is 3. The van der Waals surface area contributed by atoms with Crippen LogP contribution in [0.5, 0.6) is 0 Å². The summed E-state index contributed by atoms with van der Waals surface area (Å²) >= 11 is 1.62. The average Bonchev–Trinajstić information content (AvgIpc) is 2.83. The van der Waals surface area contributed by atoms with E-state index in [0.29, 0.717) is 23.5 Å². The van der Waals surface area contributed by atoms with Gasteiger partial charge in [-0.05, 0) is 56.2 Å². The fraction of sp³-hybridized carbons (Fsp3) is 0.320. The SMILES string of the molecule is CCOC(=O)C1=C(C)N=C2SCCCN2C1c1cccc(NC(=O)c2cccc(C(F)(F)F)c2)c1. The maximum atomic E-state index is 13.1. The van der Waals surface area contributed by atoms with Crippen molar-refractivity contribution in [2.24, 2.45) is 4.99 Å². The fourth-order valence-electron chi connectivity index (χ4n) is 4.11. The van der Waals surface area contributed by atoms with Crippen LogP contribution in [0, 0.1) is 0 Å². The molecule has 1 N–H and O–H groups in total. The standard InChI is InChI=1S/C25H24F3N3O3S/c1-3-34-23(33)20-15(2)29-24-31(11-6-12-35-24)21(20)16-7-5-10-19(14-16)30-22(32)17-8-4-9-18(13-17)25(26,27)28/h4-5,7-10,13-14,21H,3,6,11-12H2,1-2H3,(H,30,32). The molecule has 0 bridgehead atoms. The molecular weight excluding hydrogens is 479 g/mol. The Morgan fingerprint density at radius 2 is 1.97 bits per heavy atom. The number of nitrogens with one attached hydrogen (secondary N) is 1. The number of carbonyl (C=O) groups is 2. The molecule has 1 amide bonds. The van der Waals surface area contributed by atoms with E-state index in [4.69, 9.17) is 4.74 Å². The Bertz CT molecular complexity index is 1210. The molecule has 0 aliphatic carbocycles. The molecular formula is C25H24F3N3O3S. The van der Waals surface area contributed by atoms with Gasteiger partial charge < -0.3 is 15.0 Å². The first-order valence-corrected chi connectivity index (χ1v) is 12.1. The molecule has 1 fully saturated rings. The van der Waals surface area contributed by atoms with Crippen LogP contribution in [-0.4, -0.2) is 40.8 Å². The minimum atomic E-state index is -4.55. The van der Waals surface area contributed by atoms with Crippen molar-refractivity contribution in [3.63, 3.8) is 0 Å². The normalized spacial score (nSPS) is 18.0. The number of alkyl halides is 3. The number of thioether (sulfide) groups is 1. The molecule has 0 spiro atoms. The number of hydrogen-bond acceptors (Lipinski definition) is 6. The predicted molar refractivity (Wildman–Crippen MR) is 129 cm³/mol. The van der Waals surface area contributed by atoms with E-state index in [1.54, 1.807) is 43.8 Å². The van der Waals surface area contributed by atoms with Gasteiger partial charge in [-0.25, -0.2) is 9.79 Å². The molecule has 2 aliphatic rings. The van der Waals surface area contributed by atoms with E-state index in [-0.39, 0.29) is 12.2 Å². The summed E-state index contributed by atoms with van der Waals surface area (Å²) in [5.41, 5.74) is 1.15. The number of esters is 1. The van der Waals surface area contributed by atoms with Gasteiger partial charge in [0, 0.05) is 23.5 Å². The molecule has 1 unspecified atom stereocenters. The zero-order valence-electron chi connectivity index (χ0n) is 19.2. The lowest BCUT2D eigenvalue weighted by atomic mass is 9.94. The molecule has 2 aliphatic heterocycles. The van der Waals surface area contributed by atoms with Gasteiger partial charge in [0.2, 0.25) is 0 Å². The first-order valence-electron chi connectivity index (χ1n) is 11.1. The summed E-state index contributed by atoms with van der Waals surface area (Å²) in [6, 6.07) is 10.8. The van der Waals surface area contributed by atoms with E-state index in [0.717, 1.165) is 35.0 Å². The number of nitrogens with zero attached hydrogens (tertiary/aromatic N) is 2. The number of carbonyl (C=O) groups excluding carboxylic acids is 2. The van der Waals surface area contributed by atoms with Crippen molar-refractivity contribution in [1.82, 2.24) is 4.90 Å². The second-order valence-corrected chi connectivity index (χ2v) is 9.13. The second-order valence-electron chi connectivity index (χ2n) is 8.07. The molecule has 10 heteroatoms. The van der Waals surface area contributed by atoms with Crippen molar-refractivity contribution in [3.05, 3.63) is 76.5 Å². The number of anilines is 1. The lowest BCUT2D eigenvalue weighted by Gasteiger charge is -2.40. The minimum absolute atomic E-state index is 0.104. The van der Waals surface area contributed by atoms with Gasteiger partial charge in [0.15, 0.2) is 5.17 Å². The Balaban J connectivity index is 1.66. The van der Waals surface area contributed by atoms with E-state index in [1.165, 1.54) is 12.1 Å². The number of hydrogen-bond donors (Lipinski definition) is 1. The van der Waals surface area contributed by atoms with Gasteiger partial charge in [0.05, 0.1) is 29.5 Å². The van der Waals surface area contributed by atoms with Crippen molar-refractivity contribution in [1.29, 1.82) is 0 Å². The quantitative estimate of drug-likeness (QED) is 0.535. The maximum Gasteiger partial charge on any atom is 0.416 e. The summed E-state index contributed by atoms with van der Waals surface area (Å²) in [5, 5.41) is 3.50. The molecule has 0 saturated carbocycles. The van der Waals surface area contributed by atoms with Crippen molar-refractivity contribution in [2.45, 2.75) is 32.5 Å². The number of benzene rings is 2. The van der Waals surface area contributed by atoms with E-state index < -0.39 is 29.7 Å². The van der Waals surface area contributed by atoms with Gasteiger partial charge in [-0.15, -0.1) is 0 Å². The predicted octanol–water partition coefficient (Wildman–Crippen LogP) is 5.64. The molecule has 184 valence electrons. The molecule has 1 saturated heterocycles. The number of aliphatic imine (C=N–C) groups is 1. The number of amidine groups is 1. The minimum Gasteiger partial charge on any atom is -0.463 e. The molecule has 4 rings (SSSR count). The summed E-state index contributed by atoms with van der Waals surface area (Å²) in [6.45, 7) is 4.44. The smallest absolute Gasteiger partial charge is 0.416 e. The van der Waals surface area contributed by atoms with E-state index in [9.17, 15) is 22.8 Å². The van der Waals surface area contributed by atoms with Crippen molar-refractivity contribution in [3.8, 4) is 0 Å². The summed E-state index contributed by atoms with van der Waals surface area (Å²) in [6.07, 6.45) is -3.63. The van der Waals surface area contributed by atoms with Gasteiger partial charge in [-0.1, -0.05) is 30.0 Å². The fourth-order valence-corrected chi connectivity index (χ4v) is 5.13. The van der Waals surface area contributed by atoms with Crippen LogP contribution in [0.2, 0.25) is 0 Å². The monoisotopic (exact) mass is 503 g/mol. The molecule has 0 aromatic heterocycles. The molecule has 2 aromatic rings. The van der Waals surface area contributed by atoms with E-state index in [2.05, 4.69) is 15.2 Å². The molecule has 2 aromatic carbocycles. The largest absolute Gasteiger partial charge is 0.463 e. The highest BCUT2D eigenvalue weighted by Gasteiger charge is 2.38. The summed E-state index contributed by atoms with van der Waals surface area (Å²) < 4.78 is 44.5. The van der Waals surface area contributed by atoms with Crippen LogP contribution in [0.3, 0.4) is 0 Å². The Kier molecular flexibility index (Phi) is 7.20. The van der Waals surface area contributed by atoms with Crippen LogP contribution in [0.4, 0.5) is 18.9 Å². The third-order valence-corrected chi connectivity index (χ3v) is 6.74. The number of ether oxygens (including phenoxy) is 1. The molecule has 6 nitrogen and oxygen atoms in total. The van der Waals surface area contributed by atoms with Gasteiger partial charge >= 0.3 is 12.1 Å². The lowest BCUT2D eigenvalue weighted by molar-refractivity contribution is -0.139. The van der Waals surface area contributed by atoms with Crippen LogP contribution in [0.15, 0.2) is 64.8 Å². The summed E-state index contributed by atoms with van der Waals surface area (Å²) in [7, 11) is 0. The van der Waals surface area contributed by atoms with E-state index >= 15 is 0 Å². The van der Waals surface area contributed by atoms with Crippen molar-refractivity contribution in [2.75, 3.05) is 24.2 Å². The third kappa shape index (κ3) is 5.37. The van der Waals surface area contributed by atoms with Crippen molar-refractivity contribution < 1.29 is 27.5 Å². The lowest BCUT2D eigenvalue weighted by Crippen LogP contribution is -2.42. The molecule has 0 radical (unpaired) electrons. The van der Waals surface area contributed by atoms with Crippen LogP contribution in [-0.2, 0) is 15.7 Å². The first kappa shape index (κ1) is 24.8. The topological polar surface area (TPSA) is 71.0 Å². The van der Waals surface area contributed by atoms with Gasteiger partial charge in [0.1, 0.15) is 0 Å². The highest BCUT2D eigenvalue weighted by molar-refractivity contribution is 8.13. The number of amides is 1. The maximum absolute atomic E-state index is 13.1. The highest BCUT2D eigenvalue weighted by Crippen LogP contribution is 2.40. The highest BCUT2D eigenvalue weighted by atomic mass is 32.2. The second kappa shape index (κ2) is 10.2. The Morgan fingerprint density at radius 1 is 1.20 bits per heavy atom. The Morgan fingerprint density at radius 3 is 2.71 bits per heavy atom. The summed E-state index contributed by atoms with van der Waals surface area (Å²) in [5.74, 6) is -0.186. The molecule has 35 heavy (non-hydrogen) atoms. The summed E-state index contributed by atoms with van der Waals surface area (Å²) in [4.78, 5) is 32.3. The number of fused-ring (bicyclic) bond motifs is 1. The van der Waals surface area contributed by atoms with Crippen LogP contribution >= 0.6 is 11.8 Å². The average molecular weight is 504 g/mol. The van der Waals surface area contributed by atoms with Gasteiger partial charge in [0.25, 0.3) is 5.91 Å².